The molecule has 2 aromatic carbocycles. The number of amides is 1. The number of phenolic OH excluding ortho intramolecular Hbond substituents is 1. The molecular weight excluding hydrogens is 265 g/mol. The van der Waals surface area contributed by atoms with Crippen LogP contribution in [0.3, 0.4) is 0 Å². The Kier molecular flexibility index (Phi) is 3.65. The highest BCUT2D eigenvalue weighted by Gasteiger charge is 2.12. The maximum Gasteiger partial charge on any atom is 0.335 e. The first-order chi connectivity index (χ1) is 9.47. The number of benzene rings is 2. The van der Waals surface area contributed by atoms with Crippen LogP contribution in [0.5, 0.6) is 5.75 Å². The summed E-state index contributed by atoms with van der Waals surface area (Å²) in [5.74, 6) is -2.93. The van der Waals surface area contributed by atoms with E-state index in [0.29, 0.717) is 0 Å². The van der Waals surface area contributed by atoms with Gasteiger partial charge in [-0.25, -0.2) is 9.18 Å². The number of hydrogen-bond acceptors (Lipinski definition) is 3. The molecule has 2 rings (SSSR count). The Morgan fingerprint density at radius 3 is 2.50 bits per heavy atom. The molecule has 20 heavy (non-hydrogen) atoms. The van der Waals surface area contributed by atoms with Gasteiger partial charge in [0, 0.05) is 11.8 Å². The predicted octanol–water partition coefficient (Wildman–Crippen LogP) is 2.48. The van der Waals surface area contributed by atoms with Crippen molar-refractivity contribution in [2.45, 2.75) is 0 Å². The fourth-order valence-corrected chi connectivity index (χ4v) is 1.63. The molecule has 5 nitrogen and oxygen atoms in total. The van der Waals surface area contributed by atoms with Crippen LogP contribution in [0, 0.1) is 5.82 Å². The molecule has 0 aliphatic rings. The Morgan fingerprint density at radius 2 is 1.85 bits per heavy atom. The highest BCUT2D eigenvalue weighted by molar-refractivity contribution is 6.06. The summed E-state index contributed by atoms with van der Waals surface area (Å²) >= 11 is 0. The molecule has 2 aromatic rings. The third-order valence-electron chi connectivity index (χ3n) is 2.57. The first-order valence-corrected chi connectivity index (χ1v) is 5.60. The number of carbonyl (C=O) groups is 2. The van der Waals surface area contributed by atoms with E-state index in [1.54, 1.807) is 0 Å². The van der Waals surface area contributed by atoms with Crippen LogP contribution < -0.4 is 5.32 Å². The molecule has 0 aliphatic carbocycles. The van der Waals surface area contributed by atoms with Crippen LogP contribution in [0.4, 0.5) is 10.1 Å². The van der Waals surface area contributed by atoms with E-state index in [2.05, 4.69) is 5.32 Å². The van der Waals surface area contributed by atoms with E-state index < -0.39 is 23.4 Å². The Labute approximate surface area is 113 Å². The van der Waals surface area contributed by atoms with Crippen molar-refractivity contribution in [3.05, 3.63) is 59.4 Å². The largest absolute Gasteiger partial charge is 0.507 e. The number of anilines is 1. The number of carbonyl (C=O) groups excluding carboxylic acids is 1. The summed E-state index contributed by atoms with van der Waals surface area (Å²) in [5, 5.41) is 20.8. The number of aromatic hydroxyl groups is 1. The van der Waals surface area contributed by atoms with Crippen LogP contribution in [0.25, 0.3) is 0 Å². The van der Waals surface area contributed by atoms with Crippen molar-refractivity contribution in [3.63, 3.8) is 0 Å². The van der Waals surface area contributed by atoms with Gasteiger partial charge < -0.3 is 15.5 Å². The number of halogens is 1. The van der Waals surface area contributed by atoms with Crippen molar-refractivity contribution in [1.29, 1.82) is 0 Å². The minimum Gasteiger partial charge on any atom is -0.507 e. The van der Waals surface area contributed by atoms with Crippen molar-refractivity contribution in [2.75, 3.05) is 5.32 Å². The summed E-state index contributed by atoms with van der Waals surface area (Å²) in [6.45, 7) is 0. The minimum absolute atomic E-state index is 0.0196. The third-order valence-corrected chi connectivity index (χ3v) is 2.57. The average Bonchev–Trinajstić information content (AvgIpc) is 2.38. The second kappa shape index (κ2) is 5.40. The quantitative estimate of drug-likeness (QED) is 0.803. The monoisotopic (exact) mass is 275 g/mol. The topological polar surface area (TPSA) is 86.6 Å². The molecule has 0 unspecified atom stereocenters. The van der Waals surface area contributed by atoms with Crippen LogP contribution in [-0.2, 0) is 0 Å². The number of phenols is 1. The van der Waals surface area contributed by atoms with Crippen molar-refractivity contribution in [1.82, 2.24) is 0 Å². The highest BCUT2D eigenvalue weighted by Crippen LogP contribution is 2.20. The molecule has 0 heterocycles. The summed E-state index contributed by atoms with van der Waals surface area (Å²) in [7, 11) is 0. The standard InChI is InChI=1S/C14H10FNO4/c15-9-4-5-11(12(17)7-9)13(18)16-10-3-1-2-8(6-10)14(19)20/h1-7,17H,(H,16,18)(H,19,20). The lowest BCUT2D eigenvalue weighted by atomic mass is 10.1. The molecule has 0 saturated carbocycles. The smallest absolute Gasteiger partial charge is 0.335 e. The highest BCUT2D eigenvalue weighted by atomic mass is 19.1. The van der Waals surface area contributed by atoms with Gasteiger partial charge in [0.1, 0.15) is 11.6 Å². The zero-order valence-electron chi connectivity index (χ0n) is 10.1. The maximum absolute atomic E-state index is 12.8. The Morgan fingerprint density at radius 1 is 1.10 bits per heavy atom. The van der Waals surface area contributed by atoms with Gasteiger partial charge in [-0.1, -0.05) is 6.07 Å². The molecular formula is C14H10FNO4. The molecule has 0 aliphatic heterocycles. The van der Waals surface area contributed by atoms with E-state index in [0.717, 1.165) is 18.2 Å². The molecule has 0 atom stereocenters. The minimum atomic E-state index is -1.12. The Balaban J connectivity index is 2.23. The first-order valence-electron chi connectivity index (χ1n) is 5.60. The van der Waals surface area contributed by atoms with Crippen LogP contribution in [0.1, 0.15) is 20.7 Å². The van der Waals surface area contributed by atoms with Crippen LogP contribution in [0.15, 0.2) is 42.5 Å². The zero-order valence-corrected chi connectivity index (χ0v) is 10.1. The number of aromatic carboxylic acids is 1. The van der Waals surface area contributed by atoms with Crippen molar-refractivity contribution < 1.29 is 24.2 Å². The van der Waals surface area contributed by atoms with Crippen molar-refractivity contribution in [3.8, 4) is 5.75 Å². The molecule has 6 heteroatoms. The van der Waals surface area contributed by atoms with Gasteiger partial charge >= 0.3 is 5.97 Å². The van der Waals surface area contributed by atoms with E-state index >= 15 is 0 Å². The van der Waals surface area contributed by atoms with E-state index in [1.807, 2.05) is 0 Å². The SMILES string of the molecule is O=C(O)c1cccc(NC(=O)c2ccc(F)cc2O)c1. The summed E-state index contributed by atoms with van der Waals surface area (Å²) < 4.78 is 12.8. The molecule has 0 bridgehead atoms. The summed E-state index contributed by atoms with van der Waals surface area (Å²) in [4.78, 5) is 22.7. The van der Waals surface area contributed by atoms with E-state index in [4.69, 9.17) is 5.11 Å². The Bertz CT molecular complexity index is 685. The van der Waals surface area contributed by atoms with Crippen molar-refractivity contribution >= 4 is 17.6 Å². The van der Waals surface area contributed by atoms with Gasteiger partial charge in [-0.3, -0.25) is 4.79 Å². The van der Waals surface area contributed by atoms with Gasteiger partial charge in [0.15, 0.2) is 0 Å². The normalized spacial score (nSPS) is 10.1. The molecule has 0 spiro atoms. The number of nitrogens with one attached hydrogen (secondary N) is 1. The second-order valence-electron chi connectivity index (χ2n) is 4.00. The lowest BCUT2D eigenvalue weighted by Crippen LogP contribution is -2.12. The van der Waals surface area contributed by atoms with Crippen LogP contribution in [0.2, 0.25) is 0 Å². The number of rotatable bonds is 3. The van der Waals surface area contributed by atoms with Gasteiger partial charge in [0.2, 0.25) is 0 Å². The second-order valence-corrected chi connectivity index (χ2v) is 4.00. The molecule has 0 saturated heterocycles. The zero-order chi connectivity index (χ0) is 14.7. The van der Waals surface area contributed by atoms with Gasteiger partial charge in [-0.15, -0.1) is 0 Å². The summed E-state index contributed by atoms with van der Waals surface area (Å²) in [5.41, 5.74) is 0.178. The third kappa shape index (κ3) is 2.92. The lowest BCUT2D eigenvalue weighted by molar-refractivity contribution is 0.0696. The van der Waals surface area contributed by atoms with Gasteiger partial charge in [0.05, 0.1) is 11.1 Å². The number of hydrogen-bond donors (Lipinski definition) is 3. The molecule has 1 amide bonds. The average molecular weight is 275 g/mol. The lowest BCUT2D eigenvalue weighted by Gasteiger charge is -2.07. The van der Waals surface area contributed by atoms with Crippen LogP contribution in [-0.4, -0.2) is 22.1 Å². The fourth-order valence-electron chi connectivity index (χ4n) is 1.63. The predicted molar refractivity (Wildman–Crippen MR) is 69.4 cm³/mol. The van der Waals surface area contributed by atoms with Crippen molar-refractivity contribution in [2.24, 2.45) is 0 Å². The fraction of sp³-hybridized carbons (Fsp3) is 0. The summed E-state index contributed by atoms with van der Waals surface area (Å²) in [6, 6.07) is 8.65. The van der Waals surface area contributed by atoms with Gasteiger partial charge in [-0.2, -0.15) is 0 Å². The molecule has 0 fully saturated rings. The summed E-state index contributed by atoms with van der Waals surface area (Å²) in [6.07, 6.45) is 0. The molecule has 3 N–H and O–H groups in total. The molecule has 0 aromatic heterocycles. The molecule has 102 valence electrons. The maximum atomic E-state index is 12.8. The van der Waals surface area contributed by atoms with E-state index in [1.165, 1.54) is 24.3 Å². The van der Waals surface area contributed by atoms with Gasteiger partial charge in [-0.05, 0) is 30.3 Å². The first kappa shape index (κ1) is 13.5. The molecule has 0 radical (unpaired) electrons. The van der Waals surface area contributed by atoms with E-state index in [9.17, 15) is 19.1 Å². The number of carboxylic acid groups (broad SMARTS) is 1. The van der Waals surface area contributed by atoms with E-state index in [-0.39, 0.29) is 16.8 Å². The van der Waals surface area contributed by atoms with Gasteiger partial charge in [0.25, 0.3) is 5.91 Å². The van der Waals surface area contributed by atoms with Crippen LogP contribution >= 0.6 is 0 Å². The number of carboxylic acids is 1. The Hall–Kier alpha value is -2.89.